The van der Waals surface area contributed by atoms with Gasteiger partial charge in [-0.25, -0.2) is 0 Å². The number of carbonyl (C=O) groups is 1. The van der Waals surface area contributed by atoms with Crippen LogP contribution in [0.25, 0.3) is 0 Å². The predicted molar refractivity (Wildman–Crippen MR) is 97.2 cm³/mol. The fourth-order valence-corrected chi connectivity index (χ4v) is 4.98. The lowest BCUT2D eigenvalue weighted by Crippen LogP contribution is -2.38. The van der Waals surface area contributed by atoms with Crippen LogP contribution in [0.1, 0.15) is 83.2 Å². The van der Waals surface area contributed by atoms with Crippen LogP contribution in [0.5, 0.6) is 0 Å². The zero-order chi connectivity index (χ0) is 17.4. The smallest absolute Gasteiger partial charge is 0.263 e. The summed E-state index contributed by atoms with van der Waals surface area (Å²) in [4.78, 5) is 21.8. The van der Waals surface area contributed by atoms with E-state index in [1.54, 1.807) is 11.3 Å². The van der Waals surface area contributed by atoms with Gasteiger partial charge in [0.25, 0.3) is 5.91 Å². The number of aromatic nitrogens is 2. The van der Waals surface area contributed by atoms with Crippen LogP contribution >= 0.6 is 11.3 Å². The molecule has 0 spiro atoms. The Hall–Kier alpha value is -1.69. The molecule has 2 aliphatic rings. The maximum Gasteiger partial charge on any atom is 0.263 e. The van der Waals surface area contributed by atoms with Crippen LogP contribution in [0.3, 0.4) is 0 Å². The summed E-state index contributed by atoms with van der Waals surface area (Å²) in [5.74, 6) is 2.03. The summed E-state index contributed by atoms with van der Waals surface area (Å²) in [6.07, 6.45) is 6.75. The summed E-state index contributed by atoms with van der Waals surface area (Å²) in [5.41, 5.74) is 1.40. The first-order valence-electron chi connectivity index (χ1n) is 9.36. The standard InChI is InChI=1S/C19H25N3O2S/c1-12(2)17-20-18(24-21-17)14-7-5-9-22(11-14)19(23)16-10-13-6-3-4-8-15(13)25-16/h10,12,14H,3-9,11H2,1-2H3/t14-/m0/s1. The molecule has 1 fully saturated rings. The summed E-state index contributed by atoms with van der Waals surface area (Å²) in [6.45, 7) is 5.62. The van der Waals surface area contributed by atoms with Crippen LogP contribution in [0.15, 0.2) is 10.6 Å². The SMILES string of the molecule is CC(C)c1noc([C@H]2CCCN(C(=O)c3cc4c(s3)CCCC4)C2)n1. The van der Waals surface area contributed by atoms with Gasteiger partial charge in [-0.15, -0.1) is 11.3 Å². The third kappa shape index (κ3) is 3.36. The third-order valence-corrected chi connectivity index (χ3v) is 6.46. The van der Waals surface area contributed by atoms with Gasteiger partial charge < -0.3 is 9.42 Å². The van der Waals surface area contributed by atoms with Crippen LogP contribution in [0, 0.1) is 0 Å². The molecule has 1 aliphatic carbocycles. The molecule has 0 bridgehead atoms. The Balaban J connectivity index is 1.48. The van der Waals surface area contributed by atoms with Crippen LogP contribution in [-0.2, 0) is 12.8 Å². The van der Waals surface area contributed by atoms with E-state index in [0.29, 0.717) is 12.4 Å². The fourth-order valence-electron chi connectivity index (χ4n) is 3.76. The summed E-state index contributed by atoms with van der Waals surface area (Å²) in [6, 6.07) is 2.13. The Morgan fingerprint density at radius 3 is 2.92 bits per heavy atom. The number of thiophene rings is 1. The quantitative estimate of drug-likeness (QED) is 0.826. The van der Waals surface area contributed by atoms with Crippen LogP contribution in [0.4, 0.5) is 0 Å². The second kappa shape index (κ2) is 6.90. The van der Waals surface area contributed by atoms with Gasteiger partial charge in [0, 0.05) is 23.9 Å². The number of hydrogen-bond donors (Lipinski definition) is 0. The maximum atomic E-state index is 13.0. The Morgan fingerprint density at radius 2 is 2.16 bits per heavy atom. The molecular formula is C19H25N3O2S. The Bertz CT molecular complexity index is 741. The number of aryl methyl sites for hydroxylation is 2. The summed E-state index contributed by atoms with van der Waals surface area (Å²) in [5, 5.41) is 4.08. The van der Waals surface area contributed by atoms with Gasteiger partial charge in [0.15, 0.2) is 5.82 Å². The first-order chi connectivity index (χ1) is 12.1. The second-order valence-electron chi connectivity index (χ2n) is 7.50. The van der Waals surface area contributed by atoms with E-state index in [0.717, 1.165) is 42.9 Å². The molecule has 4 rings (SSSR count). The zero-order valence-electron chi connectivity index (χ0n) is 15.0. The highest BCUT2D eigenvalue weighted by Crippen LogP contribution is 2.32. The summed E-state index contributed by atoms with van der Waals surface area (Å²) < 4.78 is 5.47. The van der Waals surface area contributed by atoms with Gasteiger partial charge in [-0.3, -0.25) is 4.79 Å². The van der Waals surface area contributed by atoms with Gasteiger partial charge >= 0.3 is 0 Å². The van der Waals surface area contributed by atoms with Crippen molar-refractivity contribution in [3.05, 3.63) is 33.1 Å². The van der Waals surface area contributed by atoms with Crippen LogP contribution in [-0.4, -0.2) is 34.0 Å². The minimum Gasteiger partial charge on any atom is -0.339 e. The van der Waals surface area contributed by atoms with Crippen molar-refractivity contribution < 1.29 is 9.32 Å². The van der Waals surface area contributed by atoms with E-state index in [9.17, 15) is 4.79 Å². The van der Waals surface area contributed by atoms with E-state index in [4.69, 9.17) is 4.52 Å². The molecule has 6 heteroatoms. The molecule has 0 saturated carbocycles. The van der Waals surface area contributed by atoms with E-state index in [1.807, 2.05) is 4.90 Å². The summed E-state index contributed by atoms with van der Waals surface area (Å²) in [7, 11) is 0. The van der Waals surface area contributed by atoms with Crippen molar-refractivity contribution in [3.63, 3.8) is 0 Å². The van der Waals surface area contributed by atoms with Gasteiger partial charge in [-0.2, -0.15) is 4.98 Å². The lowest BCUT2D eigenvalue weighted by molar-refractivity contribution is 0.0700. The minimum atomic E-state index is 0.160. The second-order valence-corrected chi connectivity index (χ2v) is 8.64. The Labute approximate surface area is 152 Å². The molecule has 1 amide bonds. The number of likely N-dealkylation sites (tertiary alicyclic amines) is 1. The lowest BCUT2D eigenvalue weighted by atomic mass is 9.97. The first-order valence-corrected chi connectivity index (χ1v) is 10.2. The average Bonchev–Trinajstić information content (AvgIpc) is 3.28. The highest BCUT2D eigenvalue weighted by molar-refractivity contribution is 7.14. The number of fused-ring (bicyclic) bond motifs is 1. The maximum absolute atomic E-state index is 13.0. The number of amides is 1. The molecule has 0 radical (unpaired) electrons. The molecule has 1 aliphatic heterocycles. The van der Waals surface area contributed by atoms with Crippen molar-refractivity contribution in [1.29, 1.82) is 0 Å². The summed E-state index contributed by atoms with van der Waals surface area (Å²) >= 11 is 1.70. The molecule has 134 valence electrons. The van der Waals surface area contributed by atoms with Gasteiger partial charge in [0.2, 0.25) is 5.89 Å². The number of rotatable bonds is 3. The molecule has 0 unspecified atom stereocenters. The van der Waals surface area contributed by atoms with Crippen molar-refractivity contribution in [2.75, 3.05) is 13.1 Å². The van der Waals surface area contributed by atoms with E-state index in [1.165, 1.54) is 23.3 Å². The van der Waals surface area contributed by atoms with E-state index in [2.05, 4.69) is 30.1 Å². The average molecular weight is 359 g/mol. The zero-order valence-corrected chi connectivity index (χ0v) is 15.8. The molecule has 3 heterocycles. The molecule has 5 nitrogen and oxygen atoms in total. The van der Waals surface area contributed by atoms with Crippen molar-refractivity contribution in [2.45, 2.75) is 64.2 Å². The molecule has 1 atom stereocenters. The molecular weight excluding hydrogens is 334 g/mol. The van der Waals surface area contributed by atoms with E-state index >= 15 is 0 Å². The molecule has 0 N–H and O–H groups in total. The topological polar surface area (TPSA) is 59.2 Å². The molecule has 0 aromatic carbocycles. The lowest BCUT2D eigenvalue weighted by Gasteiger charge is -2.30. The third-order valence-electron chi connectivity index (χ3n) is 5.24. The van der Waals surface area contributed by atoms with Crippen LogP contribution < -0.4 is 0 Å². The Kier molecular flexibility index (Phi) is 4.63. The minimum absolute atomic E-state index is 0.160. The molecule has 2 aromatic heterocycles. The van der Waals surface area contributed by atoms with Crippen molar-refractivity contribution in [2.24, 2.45) is 0 Å². The van der Waals surface area contributed by atoms with Gasteiger partial charge in [0.05, 0.1) is 10.8 Å². The number of hydrogen-bond acceptors (Lipinski definition) is 5. The fraction of sp³-hybridized carbons (Fsp3) is 0.632. The van der Waals surface area contributed by atoms with E-state index < -0.39 is 0 Å². The number of nitrogens with zero attached hydrogens (tertiary/aromatic N) is 3. The van der Waals surface area contributed by atoms with Crippen molar-refractivity contribution in [1.82, 2.24) is 15.0 Å². The molecule has 1 saturated heterocycles. The largest absolute Gasteiger partial charge is 0.339 e. The molecule has 25 heavy (non-hydrogen) atoms. The number of piperidine rings is 1. The van der Waals surface area contributed by atoms with Crippen LogP contribution in [0.2, 0.25) is 0 Å². The number of carbonyl (C=O) groups excluding carboxylic acids is 1. The highest BCUT2D eigenvalue weighted by Gasteiger charge is 2.30. The first kappa shape index (κ1) is 16.8. The Morgan fingerprint density at radius 1 is 1.32 bits per heavy atom. The van der Waals surface area contributed by atoms with Crippen molar-refractivity contribution in [3.8, 4) is 0 Å². The van der Waals surface area contributed by atoms with Gasteiger partial charge in [0.1, 0.15) is 0 Å². The molecule has 2 aromatic rings. The monoisotopic (exact) mass is 359 g/mol. The normalized spacial score (nSPS) is 20.8. The highest BCUT2D eigenvalue weighted by atomic mass is 32.1. The van der Waals surface area contributed by atoms with Gasteiger partial charge in [-0.05, 0) is 50.2 Å². The predicted octanol–water partition coefficient (Wildman–Crippen LogP) is 4.15. The van der Waals surface area contributed by atoms with Crippen molar-refractivity contribution >= 4 is 17.2 Å². The van der Waals surface area contributed by atoms with E-state index in [-0.39, 0.29) is 17.7 Å². The van der Waals surface area contributed by atoms with Gasteiger partial charge in [-0.1, -0.05) is 19.0 Å².